The second-order valence-corrected chi connectivity index (χ2v) is 7.78. The molecule has 8 nitrogen and oxygen atoms in total. The van der Waals surface area contributed by atoms with Crippen molar-refractivity contribution in [2.24, 2.45) is 5.92 Å². The third-order valence-corrected chi connectivity index (χ3v) is 5.90. The summed E-state index contributed by atoms with van der Waals surface area (Å²) in [5, 5.41) is 10.8. The Morgan fingerprint density at radius 2 is 1.70 bits per heavy atom. The molecule has 2 amide bonds. The molecule has 0 radical (unpaired) electrons. The minimum Gasteiger partial charge on any atom is -0.368 e. The van der Waals surface area contributed by atoms with Crippen LogP contribution in [0.4, 0.5) is 17.1 Å². The molecule has 0 aliphatic carbocycles. The molecule has 0 unspecified atom stereocenters. The number of rotatable bonds is 4. The summed E-state index contributed by atoms with van der Waals surface area (Å²) in [4.78, 5) is 41.6. The molecular weight excluding hydrogens is 384 g/mol. The number of benzene rings is 2. The number of carbonyl (C=O) groups is 2. The van der Waals surface area contributed by atoms with Crippen LogP contribution in [0.15, 0.2) is 48.5 Å². The normalized spacial score (nSPS) is 19.3. The van der Waals surface area contributed by atoms with Crippen LogP contribution in [0.5, 0.6) is 0 Å². The lowest BCUT2D eigenvalue weighted by atomic mass is 10.1. The molecule has 2 fully saturated rings. The molecule has 2 saturated heterocycles. The maximum absolute atomic E-state index is 13.0. The first-order chi connectivity index (χ1) is 14.4. The average molecular weight is 408 g/mol. The van der Waals surface area contributed by atoms with Crippen LogP contribution in [-0.4, -0.2) is 54.4 Å². The number of hydrogen-bond donors (Lipinski definition) is 0. The molecule has 2 heterocycles. The lowest BCUT2D eigenvalue weighted by Crippen LogP contribution is -2.50. The highest BCUT2D eigenvalue weighted by atomic mass is 16.6. The van der Waals surface area contributed by atoms with Crippen LogP contribution in [0.3, 0.4) is 0 Å². The van der Waals surface area contributed by atoms with Crippen molar-refractivity contribution < 1.29 is 14.5 Å². The van der Waals surface area contributed by atoms with Gasteiger partial charge in [0.1, 0.15) is 0 Å². The number of nitrogens with zero attached hydrogens (tertiary/aromatic N) is 4. The number of piperazine rings is 1. The molecule has 0 aromatic heterocycles. The Bertz CT molecular complexity index is 967. The van der Waals surface area contributed by atoms with E-state index in [-0.39, 0.29) is 29.8 Å². The van der Waals surface area contributed by atoms with Crippen LogP contribution in [-0.2, 0) is 9.59 Å². The van der Waals surface area contributed by atoms with Gasteiger partial charge in [-0.2, -0.15) is 0 Å². The maximum atomic E-state index is 13.0. The molecule has 4 rings (SSSR count). The fourth-order valence-electron chi connectivity index (χ4n) is 4.20. The smallest absolute Gasteiger partial charge is 0.269 e. The predicted molar refractivity (Wildman–Crippen MR) is 114 cm³/mol. The Morgan fingerprint density at radius 1 is 1.03 bits per heavy atom. The number of amides is 2. The van der Waals surface area contributed by atoms with Crippen LogP contribution >= 0.6 is 0 Å². The van der Waals surface area contributed by atoms with Crippen LogP contribution in [0, 0.1) is 23.0 Å². The zero-order chi connectivity index (χ0) is 21.3. The Balaban J connectivity index is 1.36. The number of anilines is 2. The van der Waals surface area contributed by atoms with Crippen LogP contribution in [0.25, 0.3) is 0 Å². The average Bonchev–Trinajstić information content (AvgIpc) is 3.15. The van der Waals surface area contributed by atoms with Gasteiger partial charge in [0.25, 0.3) is 5.69 Å². The fourth-order valence-corrected chi connectivity index (χ4v) is 4.20. The first-order valence-electron chi connectivity index (χ1n) is 10.1. The molecule has 0 saturated carbocycles. The van der Waals surface area contributed by atoms with Gasteiger partial charge in [0.05, 0.1) is 10.8 Å². The van der Waals surface area contributed by atoms with Crippen molar-refractivity contribution >= 4 is 28.9 Å². The summed E-state index contributed by atoms with van der Waals surface area (Å²) < 4.78 is 0. The molecule has 1 atom stereocenters. The molecule has 2 aliphatic heterocycles. The Morgan fingerprint density at radius 3 is 2.33 bits per heavy atom. The first-order valence-corrected chi connectivity index (χ1v) is 10.1. The molecule has 0 N–H and O–H groups in total. The van der Waals surface area contributed by atoms with E-state index in [1.54, 1.807) is 17.0 Å². The van der Waals surface area contributed by atoms with E-state index in [1.807, 2.05) is 36.1 Å². The monoisotopic (exact) mass is 408 g/mol. The number of nitro groups is 1. The Kier molecular flexibility index (Phi) is 5.39. The lowest BCUT2D eigenvalue weighted by molar-refractivity contribution is -0.384. The highest BCUT2D eigenvalue weighted by Gasteiger charge is 2.38. The number of aryl methyl sites for hydroxylation is 1. The number of carbonyl (C=O) groups excluding carboxylic acids is 2. The van der Waals surface area contributed by atoms with Gasteiger partial charge in [-0.1, -0.05) is 18.2 Å². The molecule has 0 spiro atoms. The van der Waals surface area contributed by atoms with Crippen molar-refractivity contribution in [1.29, 1.82) is 0 Å². The Labute approximate surface area is 174 Å². The largest absolute Gasteiger partial charge is 0.368 e. The van der Waals surface area contributed by atoms with Gasteiger partial charge in [-0.3, -0.25) is 19.7 Å². The minimum atomic E-state index is -0.413. The zero-order valence-corrected chi connectivity index (χ0v) is 16.9. The second-order valence-electron chi connectivity index (χ2n) is 7.78. The number of non-ortho nitro benzene ring substituents is 1. The van der Waals surface area contributed by atoms with Gasteiger partial charge in [0, 0.05) is 62.7 Å². The van der Waals surface area contributed by atoms with Gasteiger partial charge in [-0.15, -0.1) is 0 Å². The first kappa shape index (κ1) is 19.9. The summed E-state index contributed by atoms with van der Waals surface area (Å²) in [7, 11) is 0. The lowest BCUT2D eigenvalue weighted by Gasteiger charge is -2.37. The number of para-hydroxylation sites is 1. The van der Waals surface area contributed by atoms with Gasteiger partial charge < -0.3 is 14.7 Å². The summed E-state index contributed by atoms with van der Waals surface area (Å²) in [5.74, 6) is -0.294. The number of nitro benzene ring substituents is 1. The molecule has 2 aromatic rings. The van der Waals surface area contributed by atoms with E-state index >= 15 is 0 Å². The maximum Gasteiger partial charge on any atom is 0.269 e. The van der Waals surface area contributed by atoms with Gasteiger partial charge in [0.2, 0.25) is 11.8 Å². The van der Waals surface area contributed by atoms with Crippen molar-refractivity contribution in [3.05, 3.63) is 64.2 Å². The van der Waals surface area contributed by atoms with Crippen molar-refractivity contribution in [2.45, 2.75) is 13.3 Å². The quantitative estimate of drug-likeness (QED) is 0.573. The summed E-state index contributed by atoms with van der Waals surface area (Å²) in [5.41, 5.74) is 2.88. The van der Waals surface area contributed by atoms with Crippen molar-refractivity contribution in [1.82, 2.24) is 4.90 Å². The fraction of sp³-hybridized carbons (Fsp3) is 0.364. The van der Waals surface area contributed by atoms with E-state index in [0.29, 0.717) is 32.7 Å². The second kappa shape index (κ2) is 8.14. The summed E-state index contributed by atoms with van der Waals surface area (Å²) in [6.45, 7) is 4.85. The van der Waals surface area contributed by atoms with E-state index in [9.17, 15) is 19.7 Å². The summed E-state index contributed by atoms with van der Waals surface area (Å²) in [6, 6.07) is 14.2. The van der Waals surface area contributed by atoms with E-state index < -0.39 is 4.92 Å². The standard InChI is InChI=1S/C22H24N4O4/c1-16-4-2-3-5-20(16)25-15-17(14-21(25)27)22(28)24-12-10-23(11-13-24)18-6-8-19(9-7-18)26(29)30/h2-9,17H,10-15H2,1H3/t17-/m1/s1. The van der Waals surface area contributed by atoms with Crippen molar-refractivity contribution in [3.8, 4) is 0 Å². The SMILES string of the molecule is Cc1ccccc1N1C[C@H](C(=O)N2CCN(c3ccc([N+](=O)[O-])cc3)CC2)CC1=O. The van der Waals surface area contributed by atoms with Gasteiger partial charge in [-0.25, -0.2) is 0 Å². The summed E-state index contributed by atoms with van der Waals surface area (Å²) >= 11 is 0. The number of hydrogen-bond acceptors (Lipinski definition) is 5. The molecular formula is C22H24N4O4. The van der Waals surface area contributed by atoms with Crippen molar-refractivity contribution in [3.63, 3.8) is 0 Å². The Hall–Kier alpha value is -3.42. The zero-order valence-electron chi connectivity index (χ0n) is 16.9. The molecule has 156 valence electrons. The van der Waals surface area contributed by atoms with E-state index in [2.05, 4.69) is 4.90 Å². The van der Waals surface area contributed by atoms with E-state index in [1.165, 1.54) is 12.1 Å². The van der Waals surface area contributed by atoms with Crippen LogP contribution in [0.1, 0.15) is 12.0 Å². The van der Waals surface area contributed by atoms with E-state index in [4.69, 9.17) is 0 Å². The highest BCUT2D eigenvalue weighted by Crippen LogP contribution is 2.29. The van der Waals surface area contributed by atoms with Crippen LogP contribution < -0.4 is 9.80 Å². The highest BCUT2D eigenvalue weighted by molar-refractivity contribution is 6.00. The summed E-state index contributed by atoms with van der Waals surface area (Å²) in [6.07, 6.45) is 0.246. The molecule has 8 heteroatoms. The van der Waals surface area contributed by atoms with Gasteiger partial charge in [0.15, 0.2) is 0 Å². The molecule has 2 aliphatic rings. The third kappa shape index (κ3) is 3.85. The minimum absolute atomic E-state index is 0.00725. The van der Waals surface area contributed by atoms with Crippen molar-refractivity contribution in [2.75, 3.05) is 42.5 Å². The molecule has 30 heavy (non-hydrogen) atoms. The van der Waals surface area contributed by atoms with Gasteiger partial charge >= 0.3 is 0 Å². The predicted octanol–water partition coefficient (Wildman–Crippen LogP) is 2.60. The molecule has 0 bridgehead atoms. The topological polar surface area (TPSA) is 87.0 Å². The third-order valence-electron chi connectivity index (χ3n) is 5.90. The van der Waals surface area contributed by atoms with Gasteiger partial charge in [-0.05, 0) is 30.7 Å². The van der Waals surface area contributed by atoms with Crippen LogP contribution in [0.2, 0.25) is 0 Å². The molecule has 2 aromatic carbocycles. The van der Waals surface area contributed by atoms with E-state index in [0.717, 1.165) is 16.9 Å².